The van der Waals surface area contributed by atoms with Crippen molar-refractivity contribution in [2.75, 3.05) is 12.4 Å². The van der Waals surface area contributed by atoms with Gasteiger partial charge in [0.05, 0.1) is 0 Å². The molecule has 0 spiro atoms. The van der Waals surface area contributed by atoms with E-state index in [0.29, 0.717) is 17.6 Å². The maximum atomic E-state index is 13.7. The molecule has 0 aliphatic heterocycles. The van der Waals surface area contributed by atoms with Gasteiger partial charge in [0.2, 0.25) is 5.88 Å². The third-order valence-electron chi connectivity index (χ3n) is 3.03. The van der Waals surface area contributed by atoms with Crippen molar-refractivity contribution >= 4 is 21.7 Å². The van der Waals surface area contributed by atoms with Gasteiger partial charge in [0.25, 0.3) is 0 Å². The van der Waals surface area contributed by atoms with E-state index >= 15 is 0 Å². The molecule has 1 aliphatic carbocycles. The molecule has 1 N–H and O–H groups in total. The minimum Gasteiger partial charge on any atom is -0.436 e. The molecule has 0 amide bonds. The predicted molar refractivity (Wildman–Crippen MR) is 77.7 cm³/mol. The van der Waals surface area contributed by atoms with Gasteiger partial charge >= 0.3 is 0 Å². The van der Waals surface area contributed by atoms with Gasteiger partial charge in [-0.25, -0.2) is 9.37 Å². The van der Waals surface area contributed by atoms with Crippen molar-refractivity contribution in [1.82, 2.24) is 9.97 Å². The van der Waals surface area contributed by atoms with Gasteiger partial charge < -0.3 is 10.1 Å². The summed E-state index contributed by atoms with van der Waals surface area (Å²) in [5.41, 5.74) is 0. The van der Waals surface area contributed by atoms with Crippen molar-refractivity contribution in [3.8, 4) is 11.6 Å². The SMILES string of the molecule is CNc1cc(Oc2cc(Br)ccc2F)nc(C2CC2)n1. The molecular weight excluding hydrogens is 325 g/mol. The summed E-state index contributed by atoms with van der Waals surface area (Å²) in [6.45, 7) is 0. The number of hydrogen-bond acceptors (Lipinski definition) is 4. The molecule has 4 nitrogen and oxygen atoms in total. The van der Waals surface area contributed by atoms with Crippen LogP contribution >= 0.6 is 15.9 Å². The molecule has 1 heterocycles. The van der Waals surface area contributed by atoms with Gasteiger partial charge in [-0.2, -0.15) is 4.98 Å². The van der Waals surface area contributed by atoms with E-state index in [2.05, 4.69) is 31.2 Å². The molecule has 1 aromatic heterocycles. The molecule has 2 aromatic rings. The van der Waals surface area contributed by atoms with Gasteiger partial charge in [-0.15, -0.1) is 0 Å². The number of aromatic nitrogens is 2. The van der Waals surface area contributed by atoms with Crippen LogP contribution in [0.2, 0.25) is 0 Å². The second-order valence-electron chi connectivity index (χ2n) is 4.65. The quantitative estimate of drug-likeness (QED) is 0.912. The Morgan fingerprint density at radius 2 is 2.10 bits per heavy atom. The number of hydrogen-bond donors (Lipinski definition) is 1. The molecule has 3 rings (SSSR count). The van der Waals surface area contributed by atoms with Gasteiger partial charge in [0.15, 0.2) is 11.6 Å². The molecule has 0 saturated heterocycles. The van der Waals surface area contributed by atoms with E-state index in [1.165, 1.54) is 6.07 Å². The molecule has 6 heteroatoms. The molecule has 104 valence electrons. The Balaban J connectivity index is 1.93. The van der Waals surface area contributed by atoms with Crippen molar-refractivity contribution in [3.05, 3.63) is 40.4 Å². The first-order valence-corrected chi connectivity index (χ1v) is 7.14. The van der Waals surface area contributed by atoms with E-state index in [1.807, 2.05) is 0 Å². The molecule has 1 fully saturated rings. The van der Waals surface area contributed by atoms with E-state index in [4.69, 9.17) is 4.74 Å². The number of rotatable bonds is 4. The average molecular weight is 338 g/mol. The highest BCUT2D eigenvalue weighted by molar-refractivity contribution is 9.10. The number of anilines is 1. The summed E-state index contributed by atoms with van der Waals surface area (Å²) in [6, 6.07) is 6.21. The molecule has 0 atom stereocenters. The van der Waals surface area contributed by atoms with Crippen LogP contribution in [0.3, 0.4) is 0 Å². The first-order chi connectivity index (χ1) is 9.65. The molecule has 20 heavy (non-hydrogen) atoms. The third-order valence-corrected chi connectivity index (χ3v) is 3.52. The summed E-state index contributed by atoms with van der Waals surface area (Å²) >= 11 is 3.29. The lowest BCUT2D eigenvalue weighted by atomic mass is 10.3. The lowest BCUT2D eigenvalue weighted by molar-refractivity contribution is 0.424. The molecule has 0 radical (unpaired) electrons. The Morgan fingerprint density at radius 1 is 1.30 bits per heavy atom. The Bertz CT molecular complexity index is 646. The molecule has 1 saturated carbocycles. The van der Waals surface area contributed by atoms with E-state index in [9.17, 15) is 4.39 Å². The Morgan fingerprint density at radius 3 is 2.80 bits per heavy atom. The van der Waals surface area contributed by atoms with Gasteiger partial charge in [0.1, 0.15) is 11.6 Å². The van der Waals surface area contributed by atoms with Crippen LogP contribution in [-0.4, -0.2) is 17.0 Å². The summed E-state index contributed by atoms with van der Waals surface area (Å²) < 4.78 is 20.0. The van der Waals surface area contributed by atoms with E-state index in [-0.39, 0.29) is 5.75 Å². The predicted octanol–water partition coefficient (Wildman–Crippen LogP) is 4.09. The topological polar surface area (TPSA) is 47.0 Å². The minimum atomic E-state index is -0.425. The fourth-order valence-corrected chi connectivity index (χ4v) is 2.16. The molecule has 0 unspecified atom stereocenters. The van der Waals surface area contributed by atoms with Gasteiger partial charge in [-0.05, 0) is 31.0 Å². The smallest absolute Gasteiger partial charge is 0.224 e. The molecule has 0 bridgehead atoms. The summed E-state index contributed by atoms with van der Waals surface area (Å²) in [5, 5.41) is 2.97. The number of nitrogens with one attached hydrogen (secondary N) is 1. The van der Waals surface area contributed by atoms with Crippen LogP contribution in [0.1, 0.15) is 24.6 Å². The normalized spacial score (nSPS) is 14.2. The highest BCUT2D eigenvalue weighted by atomic mass is 79.9. The molecule has 1 aromatic carbocycles. The lowest BCUT2D eigenvalue weighted by Crippen LogP contribution is -2.01. The van der Waals surface area contributed by atoms with Crippen molar-refractivity contribution < 1.29 is 9.13 Å². The van der Waals surface area contributed by atoms with E-state index in [0.717, 1.165) is 23.1 Å². The lowest BCUT2D eigenvalue weighted by Gasteiger charge is -2.09. The van der Waals surface area contributed by atoms with Gasteiger partial charge in [-0.3, -0.25) is 0 Å². The summed E-state index contributed by atoms with van der Waals surface area (Å²) in [6.07, 6.45) is 2.19. The Labute approximate surface area is 124 Å². The Kier molecular flexibility index (Phi) is 3.56. The fourth-order valence-electron chi connectivity index (χ4n) is 1.82. The highest BCUT2D eigenvalue weighted by Crippen LogP contribution is 2.39. The maximum Gasteiger partial charge on any atom is 0.224 e. The summed E-state index contributed by atoms with van der Waals surface area (Å²) in [5.74, 6) is 1.89. The highest BCUT2D eigenvalue weighted by Gasteiger charge is 2.27. The van der Waals surface area contributed by atoms with Crippen LogP contribution in [0.15, 0.2) is 28.7 Å². The first-order valence-electron chi connectivity index (χ1n) is 6.35. The van der Waals surface area contributed by atoms with E-state index < -0.39 is 5.82 Å². The standard InChI is InChI=1S/C14H13BrFN3O/c1-17-12-7-13(19-14(18-12)8-2-3-8)20-11-6-9(15)4-5-10(11)16/h4-8H,2-3H2,1H3,(H,17,18,19). The Hall–Kier alpha value is -1.69. The zero-order valence-electron chi connectivity index (χ0n) is 10.9. The second kappa shape index (κ2) is 5.36. The van der Waals surface area contributed by atoms with Crippen molar-refractivity contribution in [3.63, 3.8) is 0 Å². The largest absolute Gasteiger partial charge is 0.436 e. The molecular formula is C14H13BrFN3O. The van der Waals surface area contributed by atoms with Crippen LogP contribution in [0.25, 0.3) is 0 Å². The average Bonchev–Trinajstić information content (AvgIpc) is 3.27. The zero-order chi connectivity index (χ0) is 14.1. The second-order valence-corrected chi connectivity index (χ2v) is 5.57. The summed E-state index contributed by atoms with van der Waals surface area (Å²) in [7, 11) is 1.78. The van der Waals surface area contributed by atoms with Gasteiger partial charge in [0, 0.05) is 23.5 Å². The molecule has 1 aliphatic rings. The van der Waals surface area contributed by atoms with E-state index in [1.54, 1.807) is 25.2 Å². The zero-order valence-corrected chi connectivity index (χ0v) is 12.4. The number of halogens is 2. The van der Waals surface area contributed by atoms with Crippen molar-refractivity contribution in [1.29, 1.82) is 0 Å². The first kappa shape index (κ1) is 13.3. The fraction of sp³-hybridized carbons (Fsp3) is 0.286. The minimum absolute atomic E-state index is 0.141. The monoisotopic (exact) mass is 337 g/mol. The number of nitrogens with zero attached hydrogens (tertiary/aromatic N) is 2. The number of benzene rings is 1. The van der Waals surface area contributed by atoms with Crippen LogP contribution in [0, 0.1) is 5.82 Å². The van der Waals surface area contributed by atoms with Crippen molar-refractivity contribution in [2.45, 2.75) is 18.8 Å². The summed E-state index contributed by atoms with van der Waals surface area (Å²) in [4.78, 5) is 8.74. The van der Waals surface area contributed by atoms with Crippen LogP contribution in [0.5, 0.6) is 11.6 Å². The van der Waals surface area contributed by atoms with Crippen LogP contribution in [0.4, 0.5) is 10.2 Å². The van der Waals surface area contributed by atoms with Crippen LogP contribution < -0.4 is 10.1 Å². The third kappa shape index (κ3) is 2.90. The van der Waals surface area contributed by atoms with Crippen LogP contribution in [-0.2, 0) is 0 Å². The van der Waals surface area contributed by atoms with Gasteiger partial charge in [-0.1, -0.05) is 15.9 Å². The maximum absolute atomic E-state index is 13.7. The van der Waals surface area contributed by atoms with Crippen molar-refractivity contribution in [2.24, 2.45) is 0 Å². The number of ether oxygens (including phenoxy) is 1.